The predicted octanol–water partition coefficient (Wildman–Crippen LogP) is -0.00270. The van der Waals surface area contributed by atoms with Crippen LogP contribution in [-0.4, -0.2) is 64.1 Å². The highest BCUT2D eigenvalue weighted by atomic mass is 19.1. The van der Waals surface area contributed by atoms with Gasteiger partial charge >= 0.3 is 6.48 Å². The van der Waals surface area contributed by atoms with Crippen molar-refractivity contribution in [1.82, 2.24) is 15.0 Å². The lowest BCUT2D eigenvalue weighted by Crippen LogP contribution is -2.35. The van der Waals surface area contributed by atoms with Gasteiger partial charge in [-0.2, -0.15) is 24.4 Å². The molecular formula is C10H19FN6O6. The minimum absolute atomic E-state index is 0.126. The molecule has 0 bridgehead atoms. The average Bonchev–Trinajstić information content (AvgIpc) is 2.57. The summed E-state index contributed by atoms with van der Waals surface area (Å²) in [5.41, 5.74) is 0. The van der Waals surface area contributed by atoms with E-state index in [1.54, 1.807) is 0 Å². The monoisotopic (exact) mass is 338 g/mol. The molecule has 0 saturated carbocycles. The summed E-state index contributed by atoms with van der Waals surface area (Å²) in [4.78, 5) is 36.5. The van der Waals surface area contributed by atoms with Crippen LogP contribution >= 0.6 is 0 Å². The first kappa shape index (κ1) is 19.1. The number of methoxy groups -OCH3 is 1. The third kappa shape index (κ3) is 4.54. The zero-order chi connectivity index (χ0) is 17.4. The third-order valence-corrected chi connectivity index (χ3v) is 2.36. The molecule has 132 valence electrons. The van der Waals surface area contributed by atoms with Crippen molar-refractivity contribution in [2.75, 3.05) is 58.2 Å². The Morgan fingerprint density at radius 1 is 0.696 bits per heavy atom. The Kier molecular flexibility index (Phi) is 7.73. The first-order valence-electron chi connectivity index (χ1n) is 6.09. The van der Waals surface area contributed by atoms with Gasteiger partial charge in [-0.15, -0.1) is 0 Å². The minimum atomic E-state index is -1.97. The molecule has 1 aromatic rings. The Morgan fingerprint density at radius 2 is 1.09 bits per heavy atom. The van der Waals surface area contributed by atoms with E-state index in [-0.39, 0.29) is 17.8 Å². The molecule has 1 aromatic heterocycles. The number of hydroxylamine groups is 1. The smallest absolute Gasteiger partial charge is 0.303 e. The van der Waals surface area contributed by atoms with Gasteiger partial charge in [0, 0.05) is 7.11 Å². The van der Waals surface area contributed by atoms with Crippen molar-refractivity contribution in [2.45, 2.75) is 6.48 Å². The summed E-state index contributed by atoms with van der Waals surface area (Å²) in [7, 11) is 7.63. The molecule has 0 spiro atoms. The van der Waals surface area contributed by atoms with Crippen LogP contribution in [0.25, 0.3) is 0 Å². The van der Waals surface area contributed by atoms with Crippen molar-refractivity contribution < 1.29 is 33.3 Å². The molecule has 1 heterocycles. The largest absolute Gasteiger partial charge is 0.333 e. The van der Waals surface area contributed by atoms with Crippen LogP contribution < -0.4 is 15.5 Å². The van der Waals surface area contributed by atoms with Crippen molar-refractivity contribution in [2.24, 2.45) is 0 Å². The van der Waals surface area contributed by atoms with Gasteiger partial charge in [0.25, 0.3) is 17.8 Å². The Labute approximate surface area is 132 Å². The molecule has 0 aliphatic heterocycles. The summed E-state index contributed by atoms with van der Waals surface area (Å²) in [6.45, 7) is -1.97. The summed E-state index contributed by atoms with van der Waals surface area (Å²) < 4.78 is 18.3. The average molecular weight is 338 g/mol. The third-order valence-electron chi connectivity index (χ3n) is 2.36. The van der Waals surface area contributed by atoms with Gasteiger partial charge in [0.05, 0.1) is 35.5 Å². The van der Waals surface area contributed by atoms with Crippen LogP contribution in [0.5, 0.6) is 0 Å². The first-order valence-corrected chi connectivity index (χ1v) is 6.09. The molecular weight excluding hydrogens is 319 g/mol. The Hall–Kier alpha value is -1.90. The van der Waals surface area contributed by atoms with Crippen LogP contribution in [0.3, 0.4) is 0 Å². The highest BCUT2D eigenvalue weighted by Gasteiger charge is 2.26. The van der Waals surface area contributed by atoms with E-state index in [1.165, 1.54) is 35.5 Å². The Bertz CT molecular complexity index is 447. The number of aromatic nitrogens is 3. The van der Waals surface area contributed by atoms with Gasteiger partial charge in [0.1, 0.15) is 0 Å². The normalized spacial score (nSPS) is 12.1. The van der Waals surface area contributed by atoms with Crippen molar-refractivity contribution in [3.8, 4) is 0 Å². The van der Waals surface area contributed by atoms with Gasteiger partial charge in [-0.05, 0) is 0 Å². The second-order valence-electron chi connectivity index (χ2n) is 3.52. The van der Waals surface area contributed by atoms with E-state index >= 15 is 0 Å². The first-order chi connectivity index (χ1) is 11.1. The standard InChI is InChI=1S/C10H19FN6O6/c1-18-7(11)15(19-2)8-12-9(16(20-3)21-4)14-10(13-8)17(22-5)23-6/h7H,1-6H3. The van der Waals surface area contributed by atoms with Crippen LogP contribution in [0.15, 0.2) is 0 Å². The van der Waals surface area contributed by atoms with E-state index < -0.39 is 6.48 Å². The highest BCUT2D eigenvalue weighted by Crippen LogP contribution is 2.21. The van der Waals surface area contributed by atoms with Crippen LogP contribution in [0.2, 0.25) is 0 Å². The Morgan fingerprint density at radius 3 is 1.39 bits per heavy atom. The highest BCUT2D eigenvalue weighted by molar-refractivity contribution is 5.41. The van der Waals surface area contributed by atoms with Crippen LogP contribution in [0.4, 0.5) is 22.2 Å². The number of rotatable bonds is 10. The molecule has 1 unspecified atom stereocenters. The molecule has 23 heavy (non-hydrogen) atoms. The molecule has 0 amide bonds. The lowest BCUT2D eigenvalue weighted by Gasteiger charge is -2.25. The molecule has 0 aliphatic rings. The molecule has 0 aliphatic carbocycles. The lowest BCUT2D eigenvalue weighted by molar-refractivity contribution is -0.0774. The van der Waals surface area contributed by atoms with Gasteiger partial charge < -0.3 is 4.74 Å². The molecule has 0 fully saturated rings. The summed E-state index contributed by atoms with van der Waals surface area (Å²) >= 11 is 0. The van der Waals surface area contributed by atoms with E-state index in [4.69, 9.17) is 24.2 Å². The molecule has 13 heteroatoms. The maximum absolute atomic E-state index is 13.8. The van der Waals surface area contributed by atoms with Crippen LogP contribution in [0, 0.1) is 0 Å². The van der Waals surface area contributed by atoms with E-state index in [2.05, 4.69) is 19.7 Å². The summed E-state index contributed by atoms with van der Waals surface area (Å²) in [6, 6.07) is 0. The molecule has 1 atom stereocenters. The lowest BCUT2D eigenvalue weighted by atomic mass is 10.8. The summed E-state index contributed by atoms with van der Waals surface area (Å²) in [5.74, 6) is -0.501. The van der Waals surface area contributed by atoms with Crippen LogP contribution in [0.1, 0.15) is 0 Å². The fraction of sp³-hybridized carbons (Fsp3) is 0.700. The number of hydrogen-bond acceptors (Lipinski definition) is 12. The topological polar surface area (TPSA) is 104 Å². The van der Waals surface area contributed by atoms with Gasteiger partial charge in [-0.3, -0.25) is 4.84 Å². The van der Waals surface area contributed by atoms with E-state index in [0.29, 0.717) is 5.06 Å². The van der Waals surface area contributed by atoms with Gasteiger partial charge in [0.15, 0.2) is 0 Å². The van der Waals surface area contributed by atoms with E-state index in [0.717, 1.165) is 17.6 Å². The van der Waals surface area contributed by atoms with E-state index in [1.807, 2.05) is 0 Å². The zero-order valence-electron chi connectivity index (χ0n) is 13.6. The van der Waals surface area contributed by atoms with Crippen molar-refractivity contribution in [1.29, 1.82) is 0 Å². The maximum Gasteiger partial charge on any atom is 0.303 e. The Balaban J connectivity index is 3.37. The number of alkyl halides is 1. The second-order valence-corrected chi connectivity index (χ2v) is 3.52. The van der Waals surface area contributed by atoms with Gasteiger partial charge in [-0.1, -0.05) is 10.5 Å². The van der Waals surface area contributed by atoms with Crippen molar-refractivity contribution >= 4 is 17.8 Å². The zero-order valence-corrected chi connectivity index (χ0v) is 13.6. The fourth-order valence-corrected chi connectivity index (χ4v) is 1.43. The van der Waals surface area contributed by atoms with Crippen LogP contribution in [-0.2, 0) is 28.9 Å². The number of ether oxygens (including phenoxy) is 1. The number of hydrogen-bond donors (Lipinski definition) is 0. The summed E-state index contributed by atoms with van der Waals surface area (Å²) in [6.07, 6.45) is 0. The van der Waals surface area contributed by atoms with Crippen molar-refractivity contribution in [3.63, 3.8) is 0 Å². The molecule has 0 radical (unpaired) electrons. The molecule has 0 N–H and O–H groups in total. The quantitative estimate of drug-likeness (QED) is 0.326. The number of anilines is 3. The van der Waals surface area contributed by atoms with Crippen molar-refractivity contribution in [3.05, 3.63) is 0 Å². The second kappa shape index (κ2) is 9.29. The molecule has 0 aromatic carbocycles. The molecule has 12 nitrogen and oxygen atoms in total. The summed E-state index contributed by atoms with van der Waals surface area (Å²) in [5, 5.41) is 2.36. The maximum atomic E-state index is 13.8. The number of nitrogens with zero attached hydrogens (tertiary/aromatic N) is 6. The fourth-order valence-electron chi connectivity index (χ4n) is 1.43. The van der Waals surface area contributed by atoms with Gasteiger partial charge in [-0.25, -0.2) is 19.4 Å². The number of halogens is 1. The minimum Gasteiger partial charge on any atom is -0.333 e. The molecule has 0 saturated heterocycles. The van der Waals surface area contributed by atoms with E-state index in [9.17, 15) is 4.39 Å². The SMILES string of the molecule is COC(F)N(OC)c1nc(N(OC)OC)nc(N(OC)OC)n1. The van der Waals surface area contributed by atoms with Gasteiger partial charge in [0.2, 0.25) is 0 Å². The molecule has 1 rings (SSSR count). The predicted molar refractivity (Wildman–Crippen MR) is 74.2 cm³/mol.